The molecule has 4 rings (SSSR count). The number of pyridine rings is 1. The first-order valence-electron chi connectivity index (χ1n) is 9.67. The highest BCUT2D eigenvalue weighted by Gasteiger charge is 2.33. The molecule has 0 saturated heterocycles. The van der Waals surface area contributed by atoms with Gasteiger partial charge >= 0.3 is 0 Å². The maximum Gasteiger partial charge on any atom is 0.0702 e. The number of benzene rings is 2. The van der Waals surface area contributed by atoms with E-state index in [4.69, 9.17) is 1.37 Å². The van der Waals surface area contributed by atoms with Crippen molar-refractivity contribution in [2.75, 3.05) is 0 Å². The number of aromatic nitrogens is 1. The Balaban J connectivity index is 1.52. The Bertz CT molecular complexity index is 848. The minimum Gasteiger partial charge on any atom is -0.256 e. The summed E-state index contributed by atoms with van der Waals surface area (Å²) in [4.78, 5) is 4.64. The van der Waals surface area contributed by atoms with Crippen molar-refractivity contribution in [2.45, 2.75) is 43.9 Å². The van der Waals surface area contributed by atoms with Gasteiger partial charge in [-0.2, -0.15) is 0 Å². The molecule has 126 valence electrons. The van der Waals surface area contributed by atoms with Crippen LogP contribution in [-0.2, 0) is 5.41 Å². The lowest BCUT2D eigenvalue weighted by Crippen LogP contribution is -2.27. The molecule has 0 N–H and O–H groups in total. The quantitative estimate of drug-likeness (QED) is 0.545. The van der Waals surface area contributed by atoms with E-state index in [9.17, 15) is 0 Å². The van der Waals surface area contributed by atoms with E-state index < -0.39 is 5.89 Å². The molecular formula is C24H25N. The summed E-state index contributed by atoms with van der Waals surface area (Å²) in [5, 5.41) is 0. The molecule has 25 heavy (non-hydrogen) atoms. The predicted octanol–water partition coefficient (Wildman–Crippen LogP) is 6.36. The molecule has 0 atom stereocenters. The summed E-state index contributed by atoms with van der Waals surface area (Å²) >= 11 is 0. The van der Waals surface area contributed by atoms with Gasteiger partial charge in [-0.05, 0) is 54.2 Å². The van der Waals surface area contributed by atoms with Gasteiger partial charge in [0.15, 0.2) is 0 Å². The van der Waals surface area contributed by atoms with Crippen molar-refractivity contribution in [3.8, 4) is 11.3 Å². The SMILES string of the molecule is [2H]C1(c2ccc(-c3ccccc3)nc2)CCC(C)(c2ccccc2)CC1. The highest BCUT2D eigenvalue weighted by Crippen LogP contribution is 2.44. The van der Waals surface area contributed by atoms with Crippen LogP contribution in [0.2, 0.25) is 0 Å². The summed E-state index contributed by atoms with van der Waals surface area (Å²) in [5.74, 6) is -0.517. The van der Waals surface area contributed by atoms with Gasteiger partial charge < -0.3 is 0 Å². The molecular weight excluding hydrogens is 302 g/mol. The van der Waals surface area contributed by atoms with E-state index in [1.54, 1.807) is 0 Å². The second-order valence-corrected chi connectivity index (χ2v) is 7.33. The number of rotatable bonds is 3. The molecule has 1 saturated carbocycles. The Kier molecular flexibility index (Phi) is 4.07. The first-order valence-corrected chi connectivity index (χ1v) is 9.17. The van der Waals surface area contributed by atoms with Crippen LogP contribution >= 0.6 is 0 Å². The largest absolute Gasteiger partial charge is 0.256 e. The van der Waals surface area contributed by atoms with Gasteiger partial charge in [0.05, 0.1) is 5.69 Å². The van der Waals surface area contributed by atoms with Crippen LogP contribution in [0.25, 0.3) is 11.3 Å². The molecule has 1 heterocycles. The maximum atomic E-state index is 9.04. The summed E-state index contributed by atoms with van der Waals surface area (Å²) in [7, 11) is 0. The van der Waals surface area contributed by atoms with Crippen molar-refractivity contribution in [3.63, 3.8) is 0 Å². The fourth-order valence-electron chi connectivity index (χ4n) is 3.90. The molecule has 2 aromatic carbocycles. The van der Waals surface area contributed by atoms with Gasteiger partial charge in [-0.15, -0.1) is 0 Å². The maximum absolute atomic E-state index is 9.04. The van der Waals surface area contributed by atoms with Gasteiger partial charge in [0, 0.05) is 13.1 Å². The van der Waals surface area contributed by atoms with Crippen LogP contribution in [0.4, 0.5) is 0 Å². The second-order valence-electron chi connectivity index (χ2n) is 7.33. The highest BCUT2D eigenvalue weighted by molar-refractivity contribution is 5.58. The first kappa shape index (κ1) is 14.9. The molecule has 0 spiro atoms. The topological polar surface area (TPSA) is 12.9 Å². The van der Waals surface area contributed by atoms with E-state index in [-0.39, 0.29) is 5.41 Å². The monoisotopic (exact) mass is 328 g/mol. The zero-order valence-corrected chi connectivity index (χ0v) is 14.8. The summed E-state index contributed by atoms with van der Waals surface area (Å²) in [6.45, 7) is 2.35. The van der Waals surface area contributed by atoms with Crippen LogP contribution in [0.1, 0.15) is 51.0 Å². The van der Waals surface area contributed by atoms with E-state index in [1.807, 2.05) is 24.4 Å². The lowest BCUT2D eigenvalue weighted by Gasteiger charge is -2.38. The van der Waals surface area contributed by atoms with Crippen LogP contribution in [0.5, 0.6) is 0 Å². The molecule has 0 aliphatic heterocycles. The van der Waals surface area contributed by atoms with E-state index in [0.717, 1.165) is 42.5 Å². The Morgan fingerprint density at radius 1 is 0.880 bits per heavy atom. The number of hydrogen-bond acceptors (Lipinski definition) is 1. The zero-order valence-electron chi connectivity index (χ0n) is 15.8. The van der Waals surface area contributed by atoms with Crippen LogP contribution in [0, 0.1) is 0 Å². The molecule has 0 bridgehead atoms. The van der Waals surface area contributed by atoms with Gasteiger partial charge in [-0.25, -0.2) is 0 Å². The van der Waals surface area contributed by atoms with Crippen molar-refractivity contribution in [3.05, 3.63) is 90.1 Å². The van der Waals surface area contributed by atoms with Gasteiger partial charge in [-0.3, -0.25) is 4.98 Å². The van der Waals surface area contributed by atoms with Crippen molar-refractivity contribution in [1.29, 1.82) is 0 Å². The van der Waals surface area contributed by atoms with Crippen LogP contribution in [0.15, 0.2) is 79.0 Å². The standard InChI is InChI=1S/C24H25N/c1-24(22-10-6-3-7-11-22)16-14-19(15-17-24)21-12-13-23(25-18-21)20-8-4-2-5-9-20/h2-13,18-19H,14-17H2,1H3/i19D. The summed E-state index contributed by atoms with van der Waals surface area (Å²) in [6, 6.07) is 25.2. The van der Waals surface area contributed by atoms with E-state index in [2.05, 4.69) is 66.5 Å². The van der Waals surface area contributed by atoms with Crippen molar-refractivity contribution < 1.29 is 1.37 Å². The predicted molar refractivity (Wildman–Crippen MR) is 105 cm³/mol. The van der Waals surface area contributed by atoms with Crippen molar-refractivity contribution in [1.82, 2.24) is 4.98 Å². The molecule has 0 amide bonds. The van der Waals surface area contributed by atoms with Gasteiger partial charge in [-0.1, -0.05) is 73.7 Å². The van der Waals surface area contributed by atoms with Gasteiger partial charge in [0.25, 0.3) is 0 Å². The lowest BCUT2D eigenvalue weighted by molar-refractivity contribution is 0.292. The van der Waals surface area contributed by atoms with Crippen LogP contribution < -0.4 is 0 Å². The zero-order chi connectivity index (χ0) is 18.0. The molecule has 0 radical (unpaired) electrons. The summed E-state index contributed by atoms with van der Waals surface area (Å²) < 4.78 is 9.04. The molecule has 3 aromatic rings. The average molecular weight is 328 g/mol. The molecule has 1 aliphatic rings. The minimum absolute atomic E-state index is 0.184. The molecule has 1 nitrogen and oxygen atoms in total. The van der Waals surface area contributed by atoms with Crippen molar-refractivity contribution >= 4 is 0 Å². The number of nitrogens with zero attached hydrogens (tertiary/aromatic N) is 1. The average Bonchev–Trinajstić information content (AvgIpc) is 2.72. The Labute approximate surface area is 152 Å². The van der Waals surface area contributed by atoms with Crippen molar-refractivity contribution in [2.24, 2.45) is 0 Å². The van der Waals surface area contributed by atoms with E-state index in [0.29, 0.717) is 0 Å². The van der Waals surface area contributed by atoms with Gasteiger partial charge in [0.1, 0.15) is 0 Å². The third-order valence-electron chi connectivity index (χ3n) is 5.67. The minimum atomic E-state index is -0.517. The fourth-order valence-corrected chi connectivity index (χ4v) is 3.90. The third kappa shape index (κ3) is 3.37. The summed E-state index contributed by atoms with van der Waals surface area (Å²) in [6.07, 6.45) is 5.76. The second kappa shape index (κ2) is 6.84. The lowest BCUT2D eigenvalue weighted by atomic mass is 9.67. The highest BCUT2D eigenvalue weighted by atomic mass is 14.7. The number of hydrogen-bond donors (Lipinski definition) is 0. The smallest absolute Gasteiger partial charge is 0.0702 e. The normalized spacial score (nSPS) is 26.8. The molecule has 1 aromatic heterocycles. The van der Waals surface area contributed by atoms with E-state index >= 15 is 0 Å². The van der Waals surface area contributed by atoms with Crippen LogP contribution in [0.3, 0.4) is 0 Å². The van der Waals surface area contributed by atoms with Gasteiger partial charge in [0.2, 0.25) is 0 Å². The van der Waals surface area contributed by atoms with E-state index in [1.165, 1.54) is 5.56 Å². The Morgan fingerprint density at radius 2 is 1.52 bits per heavy atom. The van der Waals surface area contributed by atoms with Crippen LogP contribution in [-0.4, -0.2) is 4.98 Å². The Morgan fingerprint density at radius 3 is 2.12 bits per heavy atom. The first-order chi connectivity index (χ1) is 12.6. The summed E-state index contributed by atoms with van der Waals surface area (Å²) in [5.41, 5.74) is 4.73. The molecule has 1 fully saturated rings. The fraction of sp³-hybridized carbons (Fsp3) is 0.292. The molecule has 1 aliphatic carbocycles. The molecule has 0 unspecified atom stereocenters. The molecule has 1 heteroatoms. The Hall–Kier alpha value is -2.41. The third-order valence-corrected chi connectivity index (χ3v) is 5.67.